The maximum Gasteiger partial charge on any atom is 0.0317 e. The van der Waals surface area contributed by atoms with Gasteiger partial charge in [0, 0.05) is 11.7 Å². The van der Waals surface area contributed by atoms with Gasteiger partial charge in [0.1, 0.15) is 0 Å². The molecule has 2 nitrogen and oxygen atoms in total. The van der Waals surface area contributed by atoms with Crippen LogP contribution in [0.4, 0.5) is 5.69 Å². The highest BCUT2D eigenvalue weighted by atomic mass is 14.7. The predicted octanol–water partition coefficient (Wildman–Crippen LogP) is 1.78. The third-order valence-corrected chi connectivity index (χ3v) is 2.65. The average Bonchev–Trinajstić information content (AvgIpc) is 2.28. The highest BCUT2D eigenvalue weighted by molar-refractivity contribution is 5.49. The van der Waals surface area contributed by atoms with Gasteiger partial charge < -0.3 is 11.5 Å². The summed E-state index contributed by atoms with van der Waals surface area (Å²) in [6.07, 6.45) is 1.05. The van der Waals surface area contributed by atoms with E-state index < -0.39 is 0 Å². The van der Waals surface area contributed by atoms with Crippen molar-refractivity contribution >= 4 is 5.69 Å². The summed E-state index contributed by atoms with van der Waals surface area (Å²) in [6, 6.07) is 6.25. The van der Waals surface area contributed by atoms with Crippen molar-refractivity contribution in [1.82, 2.24) is 0 Å². The minimum Gasteiger partial charge on any atom is -0.399 e. The number of rotatable bonds is 0. The smallest absolute Gasteiger partial charge is 0.0317 e. The van der Waals surface area contributed by atoms with Crippen LogP contribution in [0.3, 0.4) is 0 Å². The molecule has 1 aliphatic carbocycles. The van der Waals surface area contributed by atoms with E-state index in [1.54, 1.807) is 0 Å². The second kappa shape index (κ2) is 2.49. The normalized spacial score (nSPS) is 27.2. The van der Waals surface area contributed by atoms with E-state index >= 15 is 0 Å². The Hall–Kier alpha value is -1.02. The van der Waals surface area contributed by atoms with Gasteiger partial charge >= 0.3 is 0 Å². The molecule has 0 saturated heterocycles. The summed E-state index contributed by atoms with van der Waals surface area (Å²) in [5.41, 5.74) is 15.1. The van der Waals surface area contributed by atoms with E-state index in [2.05, 4.69) is 13.0 Å². The molecule has 0 aliphatic heterocycles. The zero-order chi connectivity index (χ0) is 8.72. The highest BCUT2D eigenvalue weighted by Crippen LogP contribution is 2.39. The lowest BCUT2D eigenvalue weighted by Crippen LogP contribution is -2.05. The molecular formula is C10H14N2. The summed E-state index contributed by atoms with van der Waals surface area (Å²) in [5.74, 6) is 0.568. The molecule has 0 radical (unpaired) electrons. The number of benzene rings is 1. The quantitative estimate of drug-likeness (QED) is 0.571. The van der Waals surface area contributed by atoms with Crippen molar-refractivity contribution in [2.75, 3.05) is 5.73 Å². The molecule has 2 unspecified atom stereocenters. The van der Waals surface area contributed by atoms with E-state index in [4.69, 9.17) is 11.5 Å². The molecule has 1 aromatic rings. The van der Waals surface area contributed by atoms with E-state index in [0.717, 1.165) is 12.1 Å². The number of hydrogen-bond donors (Lipinski definition) is 2. The Bertz CT molecular complexity index is 307. The Balaban J connectivity index is 2.53. The molecule has 12 heavy (non-hydrogen) atoms. The molecule has 2 atom stereocenters. The number of anilines is 1. The van der Waals surface area contributed by atoms with E-state index in [9.17, 15) is 0 Å². The first kappa shape index (κ1) is 7.62. The summed E-state index contributed by atoms with van der Waals surface area (Å²) in [5, 5.41) is 0. The molecule has 1 aromatic carbocycles. The summed E-state index contributed by atoms with van der Waals surface area (Å²) in [6.45, 7) is 2.20. The van der Waals surface area contributed by atoms with Crippen LogP contribution in [-0.2, 0) is 0 Å². The number of nitrogen functional groups attached to an aromatic ring is 1. The molecule has 1 aliphatic rings. The second-order valence-electron chi connectivity index (χ2n) is 3.63. The molecule has 0 saturated carbocycles. The van der Waals surface area contributed by atoms with Crippen LogP contribution in [-0.4, -0.2) is 0 Å². The molecule has 0 spiro atoms. The van der Waals surface area contributed by atoms with Crippen LogP contribution in [0.25, 0.3) is 0 Å². The van der Waals surface area contributed by atoms with Crippen molar-refractivity contribution in [2.45, 2.75) is 25.3 Å². The Morgan fingerprint density at radius 3 is 2.83 bits per heavy atom. The Labute approximate surface area is 72.6 Å². The average molecular weight is 162 g/mol. The Morgan fingerprint density at radius 2 is 2.08 bits per heavy atom. The summed E-state index contributed by atoms with van der Waals surface area (Å²) in [4.78, 5) is 0. The van der Waals surface area contributed by atoms with E-state index in [-0.39, 0.29) is 6.04 Å². The summed E-state index contributed by atoms with van der Waals surface area (Å²) < 4.78 is 0. The summed E-state index contributed by atoms with van der Waals surface area (Å²) >= 11 is 0. The molecule has 2 rings (SSSR count). The highest BCUT2D eigenvalue weighted by Gasteiger charge is 2.24. The molecule has 64 valence electrons. The van der Waals surface area contributed by atoms with Gasteiger partial charge in [0.15, 0.2) is 0 Å². The van der Waals surface area contributed by atoms with Gasteiger partial charge in [0.05, 0.1) is 0 Å². The van der Waals surface area contributed by atoms with Crippen LogP contribution in [0, 0.1) is 0 Å². The van der Waals surface area contributed by atoms with E-state index in [0.29, 0.717) is 5.92 Å². The minimum absolute atomic E-state index is 0.218. The van der Waals surface area contributed by atoms with Crippen molar-refractivity contribution in [2.24, 2.45) is 5.73 Å². The fourth-order valence-corrected chi connectivity index (χ4v) is 1.99. The SMILES string of the molecule is CC1CC(N)c2ccc(N)cc21. The predicted molar refractivity (Wildman–Crippen MR) is 50.8 cm³/mol. The van der Waals surface area contributed by atoms with Crippen molar-refractivity contribution in [1.29, 1.82) is 0 Å². The lowest BCUT2D eigenvalue weighted by molar-refractivity contribution is 0.640. The van der Waals surface area contributed by atoms with Gasteiger partial charge in [-0.2, -0.15) is 0 Å². The maximum atomic E-state index is 5.95. The monoisotopic (exact) mass is 162 g/mol. The maximum absolute atomic E-state index is 5.95. The lowest BCUT2D eigenvalue weighted by atomic mass is 10.0. The van der Waals surface area contributed by atoms with Crippen LogP contribution in [0.15, 0.2) is 18.2 Å². The van der Waals surface area contributed by atoms with E-state index in [1.165, 1.54) is 11.1 Å². The van der Waals surface area contributed by atoms with Crippen LogP contribution >= 0.6 is 0 Å². The molecule has 0 bridgehead atoms. The Kier molecular flexibility index (Phi) is 1.58. The molecule has 0 amide bonds. The molecule has 0 heterocycles. The third-order valence-electron chi connectivity index (χ3n) is 2.65. The van der Waals surface area contributed by atoms with Gasteiger partial charge in [0.25, 0.3) is 0 Å². The molecular weight excluding hydrogens is 148 g/mol. The van der Waals surface area contributed by atoms with Crippen molar-refractivity contribution in [3.05, 3.63) is 29.3 Å². The minimum atomic E-state index is 0.218. The number of nitrogens with two attached hydrogens (primary N) is 2. The van der Waals surface area contributed by atoms with Crippen LogP contribution < -0.4 is 11.5 Å². The fraction of sp³-hybridized carbons (Fsp3) is 0.400. The van der Waals surface area contributed by atoms with Gasteiger partial charge in [-0.3, -0.25) is 0 Å². The fourth-order valence-electron chi connectivity index (χ4n) is 1.99. The second-order valence-corrected chi connectivity index (χ2v) is 3.63. The van der Waals surface area contributed by atoms with Crippen LogP contribution in [0.2, 0.25) is 0 Å². The first-order valence-electron chi connectivity index (χ1n) is 4.33. The van der Waals surface area contributed by atoms with Gasteiger partial charge in [-0.25, -0.2) is 0 Å². The first-order chi connectivity index (χ1) is 5.68. The molecule has 2 heteroatoms. The van der Waals surface area contributed by atoms with E-state index in [1.807, 2.05) is 12.1 Å². The molecule has 0 aromatic heterocycles. The zero-order valence-corrected chi connectivity index (χ0v) is 7.25. The molecule has 0 fully saturated rings. The van der Waals surface area contributed by atoms with Gasteiger partial charge in [-0.05, 0) is 35.6 Å². The number of hydrogen-bond acceptors (Lipinski definition) is 2. The largest absolute Gasteiger partial charge is 0.399 e. The van der Waals surface area contributed by atoms with Crippen LogP contribution in [0.1, 0.15) is 36.4 Å². The zero-order valence-electron chi connectivity index (χ0n) is 7.25. The van der Waals surface area contributed by atoms with Gasteiger partial charge in [0.2, 0.25) is 0 Å². The van der Waals surface area contributed by atoms with Crippen LogP contribution in [0.5, 0.6) is 0 Å². The standard InChI is InChI=1S/C10H14N2/c1-6-4-10(12)8-3-2-7(11)5-9(6)8/h2-3,5-6,10H,4,11-12H2,1H3. The first-order valence-corrected chi connectivity index (χ1v) is 4.33. The topological polar surface area (TPSA) is 52.0 Å². The molecule has 4 N–H and O–H groups in total. The number of fused-ring (bicyclic) bond motifs is 1. The van der Waals surface area contributed by atoms with Crippen molar-refractivity contribution in [3.63, 3.8) is 0 Å². The summed E-state index contributed by atoms with van der Waals surface area (Å²) in [7, 11) is 0. The lowest BCUT2D eigenvalue weighted by Gasteiger charge is -2.04. The third kappa shape index (κ3) is 0.994. The Morgan fingerprint density at radius 1 is 1.33 bits per heavy atom. The van der Waals surface area contributed by atoms with Gasteiger partial charge in [-0.15, -0.1) is 0 Å². The van der Waals surface area contributed by atoms with Crippen molar-refractivity contribution < 1.29 is 0 Å². The van der Waals surface area contributed by atoms with Crippen molar-refractivity contribution in [3.8, 4) is 0 Å². The van der Waals surface area contributed by atoms with Gasteiger partial charge in [-0.1, -0.05) is 13.0 Å².